The Morgan fingerprint density at radius 2 is 1.94 bits per heavy atom. The minimum absolute atomic E-state index is 0.0726. The Hall–Kier alpha value is -1.47. The standard InChI is InChI=1S/C25H36BF2NO3/c1-4-29(5-2)22(30)11-7-17-15-25(27,28)24(3)13-12-20-19-10-8-18(26(31)32)14-16(19)6-9-21(20)23(17)24/h8,10,14,17,20-21,23,31-32H,4-7,9,11-13,15H2,1-3H3/t17-,20-,21-,23+,24+/m1/s1. The average molecular weight is 447 g/mol. The summed E-state index contributed by atoms with van der Waals surface area (Å²) in [7, 11) is -1.49. The van der Waals surface area contributed by atoms with Gasteiger partial charge < -0.3 is 14.9 Å². The van der Waals surface area contributed by atoms with Crippen LogP contribution in [0.1, 0.15) is 76.3 Å². The van der Waals surface area contributed by atoms with Gasteiger partial charge in [0.05, 0.1) is 0 Å². The molecule has 4 rings (SSSR count). The molecule has 7 heteroatoms. The number of alkyl halides is 2. The van der Waals surface area contributed by atoms with Crippen molar-refractivity contribution in [3.63, 3.8) is 0 Å². The van der Waals surface area contributed by atoms with E-state index < -0.39 is 18.5 Å². The van der Waals surface area contributed by atoms with E-state index in [4.69, 9.17) is 0 Å². The number of halogens is 2. The maximum Gasteiger partial charge on any atom is 0.488 e. The largest absolute Gasteiger partial charge is 0.488 e. The van der Waals surface area contributed by atoms with Crippen molar-refractivity contribution in [2.24, 2.45) is 23.2 Å². The van der Waals surface area contributed by atoms with E-state index in [1.54, 1.807) is 17.9 Å². The van der Waals surface area contributed by atoms with Gasteiger partial charge in [0, 0.05) is 31.3 Å². The molecule has 0 unspecified atom stereocenters. The van der Waals surface area contributed by atoms with Crippen LogP contribution < -0.4 is 5.46 Å². The summed E-state index contributed by atoms with van der Waals surface area (Å²) in [6, 6.07) is 5.60. The molecule has 176 valence electrons. The zero-order chi connectivity index (χ0) is 23.3. The Balaban J connectivity index is 1.60. The first-order valence-corrected chi connectivity index (χ1v) is 12.3. The van der Waals surface area contributed by atoms with Gasteiger partial charge in [0.15, 0.2) is 0 Å². The summed E-state index contributed by atoms with van der Waals surface area (Å²) >= 11 is 0. The van der Waals surface area contributed by atoms with Crippen molar-refractivity contribution >= 4 is 18.5 Å². The molecule has 32 heavy (non-hydrogen) atoms. The lowest BCUT2D eigenvalue weighted by atomic mass is 9.53. The van der Waals surface area contributed by atoms with Crippen LogP contribution in [-0.2, 0) is 11.2 Å². The summed E-state index contributed by atoms with van der Waals surface area (Å²) in [6.07, 6.45) is 3.64. The van der Waals surface area contributed by atoms with E-state index in [9.17, 15) is 14.8 Å². The molecule has 0 aliphatic heterocycles. The molecule has 0 spiro atoms. The lowest BCUT2D eigenvalue weighted by Crippen LogP contribution is -2.48. The van der Waals surface area contributed by atoms with Crippen molar-refractivity contribution in [2.45, 2.75) is 77.6 Å². The number of rotatable bonds is 6. The molecule has 4 nitrogen and oxygen atoms in total. The van der Waals surface area contributed by atoms with E-state index in [-0.39, 0.29) is 36.0 Å². The lowest BCUT2D eigenvalue weighted by Gasteiger charge is -2.51. The summed E-state index contributed by atoms with van der Waals surface area (Å²) in [5, 5.41) is 19.1. The quantitative estimate of drug-likeness (QED) is 0.654. The third-order valence-corrected chi connectivity index (χ3v) is 9.01. The van der Waals surface area contributed by atoms with Gasteiger partial charge in [-0.3, -0.25) is 4.79 Å². The number of aryl methyl sites for hydroxylation is 1. The van der Waals surface area contributed by atoms with Gasteiger partial charge in [0.1, 0.15) is 0 Å². The topological polar surface area (TPSA) is 60.8 Å². The van der Waals surface area contributed by atoms with Crippen LogP contribution in [-0.4, -0.2) is 47.0 Å². The maximum atomic E-state index is 15.4. The van der Waals surface area contributed by atoms with Gasteiger partial charge in [-0.25, -0.2) is 8.78 Å². The van der Waals surface area contributed by atoms with E-state index in [0.29, 0.717) is 37.8 Å². The number of hydrogen-bond donors (Lipinski definition) is 2. The predicted molar refractivity (Wildman–Crippen MR) is 122 cm³/mol. The smallest absolute Gasteiger partial charge is 0.423 e. The average Bonchev–Trinajstić information content (AvgIpc) is 2.97. The van der Waals surface area contributed by atoms with E-state index in [0.717, 1.165) is 24.8 Å². The molecule has 2 fully saturated rings. The van der Waals surface area contributed by atoms with E-state index in [1.165, 1.54) is 5.56 Å². The minimum atomic E-state index is -2.70. The van der Waals surface area contributed by atoms with Crippen molar-refractivity contribution < 1.29 is 23.6 Å². The molecule has 1 aromatic carbocycles. The monoisotopic (exact) mass is 447 g/mol. The number of benzene rings is 1. The van der Waals surface area contributed by atoms with Crippen LogP contribution >= 0.6 is 0 Å². The van der Waals surface area contributed by atoms with E-state index >= 15 is 8.78 Å². The fourth-order valence-electron chi connectivity index (χ4n) is 7.32. The Morgan fingerprint density at radius 3 is 2.59 bits per heavy atom. The fraction of sp³-hybridized carbons (Fsp3) is 0.720. The van der Waals surface area contributed by atoms with Gasteiger partial charge >= 0.3 is 7.12 Å². The second-order valence-electron chi connectivity index (χ2n) is 10.4. The van der Waals surface area contributed by atoms with Crippen LogP contribution in [0.2, 0.25) is 0 Å². The number of amides is 1. The minimum Gasteiger partial charge on any atom is -0.423 e. The number of nitrogens with zero attached hydrogens (tertiary/aromatic N) is 1. The molecule has 1 aromatic rings. The highest BCUT2D eigenvalue weighted by Crippen LogP contribution is 2.68. The Kier molecular flexibility index (Phi) is 6.45. The molecule has 3 aliphatic carbocycles. The second kappa shape index (κ2) is 8.71. The molecule has 0 radical (unpaired) electrons. The second-order valence-corrected chi connectivity index (χ2v) is 10.4. The Bertz CT molecular complexity index is 860. The van der Waals surface area contributed by atoms with Crippen LogP contribution in [0.25, 0.3) is 0 Å². The van der Waals surface area contributed by atoms with Gasteiger partial charge in [-0.1, -0.05) is 25.1 Å². The third kappa shape index (κ3) is 3.79. The van der Waals surface area contributed by atoms with Crippen molar-refractivity contribution in [1.82, 2.24) is 4.90 Å². The first-order valence-electron chi connectivity index (χ1n) is 12.3. The number of carbonyl (C=O) groups is 1. The number of fused-ring (bicyclic) bond motifs is 5. The zero-order valence-corrected chi connectivity index (χ0v) is 19.5. The van der Waals surface area contributed by atoms with Gasteiger partial charge in [-0.05, 0) is 86.2 Å². The van der Waals surface area contributed by atoms with Gasteiger partial charge in [-0.15, -0.1) is 0 Å². The molecule has 5 atom stereocenters. The molecule has 2 N–H and O–H groups in total. The first kappa shape index (κ1) is 23.7. The summed E-state index contributed by atoms with van der Waals surface area (Å²) in [6.45, 7) is 7.01. The number of hydrogen-bond acceptors (Lipinski definition) is 3. The summed E-state index contributed by atoms with van der Waals surface area (Å²) in [5.74, 6) is -2.43. The molecule has 0 saturated heterocycles. The Morgan fingerprint density at radius 1 is 1.22 bits per heavy atom. The van der Waals surface area contributed by atoms with Crippen LogP contribution in [0.4, 0.5) is 8.78 Å². The molecule has 2 saturated carbocycles. The highest BCUT2D eigenvalue weighted by atomic mass is 19.3. The molecule has 3 aliphatic rings. The number of carbonyl (C=O) groups excluding carboxylic acids is 1. The molecular formula is C25H36BF2NO3. The molecule has 1 amide bonds. The zero-order valence-electron chi connectivity index (χ0n) is 19.5. The van der Waals surface area contributed by atoms with Crippen molar-refractivity contribution in [1.29, 1.82) is 0 Å². The van der Waals surface area contributed by atoms with Gasteiger partial charge in [0.25, 0.3) is 5.92 Å². The van der Waals surface area contributed by atoms with Crippen LogP contribution in [0.5, 0.6) is 0 Å². The molecule has 0 aromatic heterocycles. The van der Waals surface area contributed by atoms with Gasteiger partial charge in [0.2, 0.25) is 5.91 Å². The summed E-state index contributed by atoms with van der Waals surface area (Å²) in [4.78, 5) is 14.4. The third-order valence-electron chi connectivity index (χ3n) is 9.01. The lowest BCUT2D eigenvalue weighted by molar-refractivity contribution is -0.133. The maximum absolute atomic E-state index is 15.4. The summed E-state index contributed by atoms with van der Waals surface area (Å²) < 4.78 is 30.8. The van der Waals surface area contributed by atoms with Crippen molar-refractivity contribution in [3.8, 4) is 0 Å². The van der Waals surface area contributed by atoms with Crippen molar-refractivity contribution in [3.05, 3.63) is 29.3 Å². The molecular weight excluding hydrogens is 411 g/mol. The normalized spacial score (nSPS) is 32.6. The summed E-state index contributed by atoms with van der Waals surface area (Å²) in [5.41, 5.74) is 1.80. The van der Waals surface area contributed by atoms with Crippen LogP contribution in [0, 0.1) is 23.2 Å². The first-order chi connectivity index (χ1) is 15.1. The Labute approximate surface area is 190 Å². The highest BCUT2D eigenvalue weighted by molar-refractivity contribution is 6.58. The predicted octanol–water partition coefficient (Wildman–Crippen LogP) is 3.73. The van der Waals surface area contributed by atoms with Crippen molar-refractivity contribution in [2.75, 3.05) is 13.1 Å². The molecule has 0 heterocycles. The SMILES string of the molecule is CCN(CC)C(=O)CC[C@@H]1CC(F)(F)[C@@]2(C)CC[C@@H]3c4ccc(B(O)O)cc4CC[C@H]3[C@H]12. The fourth-order valence-corrected chi connectivity index (χ4v) is 7.32. The van der Waals surface area contributed by atoms with E-state index in [2.05, 4.69) is 0 Å². The van der Waals surface area contributed by atoms with Gasteiger partial charge in [-0.2, -0.15) is 0 Å². The van der Waals surface area contributed by atoms with Crippen LogP contribution in [0.15, 0.2) is 18.2 Å². The molecule has 0 bridgehead atoms. The van der Waals surface area contributed by atoms with E-state index in [1.807, 2.05) is 26.0 Å². The highest BCUT2D eigenvalue weighted by Gasteiger charge is 2.67. The van der Waals surface area contributed by atoms with Crippen LogP contribution in [0.3, 0.4) is 0 Å².